The third-order valence-electron chi connectivity index (χ3n) is 4.96. The van der Waals surface area contributed by atoms with Crippen molar-refractivity contribution >= 4 is 21.6 Å². The Hall–Kier alpha value is -2.32. The number of phenolic OH excluding ortho intramolecular Hbond substituents is 1. The van der Waals surface area contributed by atoms with E-state index in [1.54, 1.807) is 12.3 Å². The fourth-order valence-electron chi connectivity index (χ4n) is 3.38. The number of amides is 1. The predicted molar refractivity (Wildman–Crippen MR) is 94.3 cm³/mol. The standard InChI is InChI=1S/C18H20N2O5S/c21-16-6-5-12(26(23,24)20-7-1-2-8-20)10-15(16)19-18(22)14-11-13(14)17-4-3-9-25-17/h3-6,9-10,13-14,21H,1-2,7-8,11H2,(H,19,22)/t13-,14-/m1/s1. The summed E-state index contributed by atoms with van der Waals surface area (Å²) < 4.78 is 32.1. The number of benzene rings is 1. The van der Waals surface area contributed by atoms with Gasteiger partial charge in [-0.1, -0.05) is 0 Å². The fourth-order valence-corrected chi connectivity index (χ4v) is 4.92. The average Bonchev–Trinajstić information content (AvgIpc) is 3.05. The van der Waals surface area contributed by atoms with E-state index in [0.717, 1.165) is 18.6 Å². The fraction of sp³-hybridized carbons (Fsp3) is 0.389. The highest BCUT2D eigenvalue weighted by molar-refractivity contribution is 7.89. The molecule has 1 saturated heterocycles. The maximum Gasteiger partial charge on any atom is 0.243 e. The van der Waals surface area contributed by atoms with E-state index in [0.29, 0.717) is 19.5 Å². The summed E-state index contributed by atoms with van der Waals surface area (Å²) in [4.78, 5) is 12.5. The van der Waals surface area contributed by atoms with Gasteiger partial charge in [0.1, 0.15) is 11.5 Å². The van der Waals surface area contributed by atoms with E-state index in [-0.39, 0.29) is 34.1 Å². The van der Waals surface area contributed by atoms with Gasteiger partial charge in [0, 0.05) is 24.9 Å². The molecule has 2 N–H and O–H groups in total. The van der Waals surface area contributed by atoms with E-state index in [2.05, 4.69) is 5.32 Å². The van der Waals surface area contributed by atoms with Gasteiger partial charge in [-0.25, -0.2) is 8.42 Å². The highest BCUT2D eigenvalue weighted by Crippen LogP contribution is 2.48. The zero-order chi connectivity index (χ0) is 18.3. The SMILES string of the molecule is O=C(Nc1cc(S(=O)(=O)N2CCCC2)ccc1O)[C@@H]1C[C@H]1c1ccco1. The summed E-state index contributed by atoms with van der Waals surface area (Å²) in [5, 5.41) is 12.7. The lowest BCUT2D eigenvalue weighted by Gasteiger charge is -2.16. The number of sulfonamides is 1. The first-order valence-corrected chi connectivity index (χ1v) is 10.1. The molecule has 0 bridgehead atoms. The summed E-state index contributed by atoms with van der Waals surface area (Å²) in [5.74, 6) is 0.147. The molecule has 2 heterocycles. The van der Waals surface area contributed by atoms with Gasteiger partial charge in [-0.15, -0.1) is 0 Å². The molecular formula is C18H20N2O5S. The molecule has 0 spiro atoms. The Kier molecular flexibility index (Phi) is 4.24. The summed E-state index contributed by atoms with van der Waals surface area (Å²) in [5.41, 5.74) is 0.111. The Morgan fingerprint density at radius 1 is 1.23 bits per heavy atom. The molecular weight excluding hydrogens is 356 g/mol. The molecule has 8 heteroatoms. The molecule has 1 amide bonds. The number of carbonyl (C=O) groups is 1. The van der Waals surface area contributed by atoms with Crippen LogP contribution in [-0.2, 0) is 14.8 Å². The Morgan fingerprint density at radius 2 is 2.00 bits per heavy atom. The van der Waals surface area contributed by atoms with Gasteiger partial charge >= 0.3 is 0 Å². The number of hydrogen-bond acceptors (Lipinski definition) is 5. The van der Waals surface area contributed by atoms with Crippen molar-refractivity contribution in [2.75, 3.05) is 18.4 Å². The van der Waals surface area contributed by atoms with E-state index in [1.807, 2.05) is 6.07 Å². The summed E-state index contributed by atoms with van der Waals surface area (Å²) in [6, 6.07) is 7.60. The third-order valence-corrected chi connectivity index (χ3v) is 6.86. The summed E-state index contributed by atoms with van der Waals surface area (Å²) in [6.45, 7) is 0.996. The van der Waals surface area contributed by atoms with Crippen LogP contribution in [0.3, 0.4) is 0 Å². The molecule has 0 radical (unpaired) electrons. The van der Waals surface area contributed by atoms with Gasteiger partial charge in [-0.2, -0.15) is 4.31 Å². The quantitative estimate of drug-likeness (QED) is 0.781. The normalized spacial score (nSPS) is 23.1. The molecule has 2 aromatic rings. The minimum atomic E-state index is -3.61. The molecule has 2 atom stereocenters. The Labute approximate surface area is 151 Å². The van der Waals surface area contributed by atoms with Crippen LogP contribution in [0.25, 0.3) is 0 Å². The molecule has 0 unspecified atom stereocenters. The smallest absolute Gasteiger partial charge is 0.243 e. The van der Waals surface area contributed by atoms with Crippen LogP contribution in [0.1, 0.15) is 30.9 Å². The van der Waals surface area contributed by atoms with Crippen LogP contribution in [0.15, 0.2) is 45.9 Å². The second kappa shape index (κ2) is 6.44. The Balaban J connectivity index is 1.51. The van der Waals surface area contributed by atoms with E-state index in [4.69, 9.17) is 4.42 Å². The zero-order valence-corrected chi connectivity index (χ0v) is 14.9. The number of furan rings is 1. The van der Waals surface area contributed by atoms with E-state index < -0.39 is 10.0 Å². The summed E-state index contributed by atoms with van der Waals surface area (Å²) in [7, 11) is -3.61. The molecule has 2 fully saturated rings. The van der Waals surface area contributed by atoms with Crippen molar-refractivity contribution in [1.82, 2.24) is 4.31 Å². The summed E-state index contributed by atoms with van der Waals surface area (Å²) in [6.07, 6.45) is 3.93. The van der Waals surface area contributed by atoms with Crippen LogP contribution in [0, 0.1) is 5.92 Å². The number of nitrogens with one attached hydrogen (secondary N) is 1. The maximum absolute atomic E-state index is 12.7. The topological polar surface area (TPSA) is 99.9 Å². The highest BCUT2D eigenvalue weighted by atomic mass is 32.2. The lowest BCUT2D eigenvalue weighted by Crippen LogP contribution is -2.28. The highest BCUT2D eigenvalue weighted by Gasteiger charge is 2.46. The molecule has 7 nitrogen and oxygen atoms in total. The van der Waals surface area contributed by atoms with Gasteiger partial charge in [0.25, 0.3) is 0 Å². The van der Waals surface area contributed by atoms with Crippen LogP contribution < -0.4 is 5.32 Å². The number of hydrogen-bond donors (Lipinski definition) is 2. The molecule has 1 aliphatic heterocycles. The first kappa shape index (κ1) is 17.1. The van der Waals surface area contributed by atoms with Crippen molar-refractivity contribution in [3.63, 3.8) is 0 Å². The van der Waals surface area contributed by atoms with E-state index in [9.17, 15) is 18.3 Å². The number of anilines is 1. The molecule has 1 aromatic heterocycles. The monoisotopic (exact) mass is 376 g/mol. The minimum Gasteiger partial charge on any atom is -0.506 e. The number of phenols is 1. The van der Waals surface area contributed by atoms with E-state index in [1.165, 1.54) is 22.5 Å². The van der Waals surface area contributed by atoms with Crippen LogP contribution in [-0.4, -0.2) is 36.8 Å². The lowest BCUT2D eigenvalue weighted by atomic mass is 10.2. The van der Waals surface area contributed by atoms with Crippen molar-refractivity contribution in [2.24, 2.45) is 5.92 Å². The molecule has 138 valence electrons. The molecule has 1 saturated carbocycles. The first-order valence-electron chi connectivity index (χ1n) is 8.64. The van der Waals surface area contributed by atoms with Gasteiger partial charge in [0.15, 0.2) is 0 Å². The zero-order valence-electron chi connectivity index (χ0n) is 14.1. The molecule has 4 rings (SSSR count). The van der Waals surface area contributed by atoms with Crippen molar-refractivity contribution in [3.8, 4) is 5.75 Å². The van der Waals surface area contributed by atoms with Crippen molar-refractivity contribution < 1.29 is 22.7 Å². The van der Waals surface area contributed by atoms with Gasteiger partial charge < -0.3 is 14.8 Å². The number of carbonyl (C=O) groups excluding carboxylic acids is 1. The molecule has 2 aliphatic rings. The first-order chi connectivity index (χ1) is 12.5. The van der Waals surface area contributed by atoms with Gasteiger partial charge in [0.05, 0.1) is 16.8 Å². The second-order valence-electron chi connectivity index (χ2n) is 6.74. The van der Waals surface area contributed by atoms with Crippen LogP contribution >= 0.6 is 0 Å². The molecule has 1 aromatic carbocycles. The van der Waals surface area contributed by atoms with Gasteiger partial charge in [-0.3, -0.25) is 4.79 Å². The van der Waals surface area contributed by atoms with Crippen LogP contribution in [0.5, 0.6) is 5.75 Å². The third kappa shape index (κ3) is 3.10. The lowest BCUT2D eigenvalue weighted by molar-refractivity contribution is -0.117. The predicted octanol–water partition coefficient (Wildman–Crippen LogP) is 2.51. The minimum absolute atomic E-state index is 0.0312. The summed E-state index contributed by atoms with van der Waals surface area (Å²) >= 11 is 0. The van der Waals surface area contributed by atoms with Gasteiger partial charge in [-0.05, 0) is 49.6 Å². The maximum atomic E-state index is 12.7. The Morgan fingerprint density at radius 3 is 2.69 bits per heavy atom. The van der Waals surface area contributed by atoms with Crippen LogP contribution in [0.4, 0.5) is 5.69 Å². The second-order valence-corrected chi connectivity index (χ2v) is 8.68. The van der Waals surface area contributed by atoms with Crippen molar-refractivity contribution in [1.29, 1.82) is 0 Å². The molecule has 26 heavy (non-hydrogen) atoms. The average molecular weight is 376 g/mol. The van der Waals surface area contributed by atoms with E-state index >= 15 is 0 Å². The number of nitrogens with zero attached hydrogens (tertiary/aromatic N) is 1. The number of rotatable bonds is 5. The Bertz CT molecular complexity index is 917. The van der Waals surface area contributed by atoms with Gasteiger partial charge in [0.2, 0.25) is 15.9 Å². The van der Waals surface area contributed by atoms with Crippen molar-refractivity contribution in [2.45, 2.75) is 30.1 Å². The largest absolute Gasteiger partial charge is 0.506 e. The number of aromatic hydroxyl groups is 1. The van der Waals surface area contributed by atoms with Crippen LogP contribution in [0.2, 0.25) is 0 Å². The molecule has 1 aliphatic carbocycles. The van der Waals surface area contributed by atoms with Crippen molar-refractivity contribution in [3.05, 3.63) is 42.4 Å².